The van der Waals surface area contributed by atoms with Crippen molar-refractivity contribution in [3.8, 4) is 0 Å². The summed E-state index contributed by atoms with van der Waals surface area (Å²) in [5.41, 5.74) is 1.10. The van der Waals surface area contributed by atoms with Gasteiger partial charge in [-0.25, -0.2) is 8.78 Å². The lowest BCUT2D eigenvalue weighted by Crippen LogP contribution is -2.17. The summed E-state index contributed by atoms with van der Waals surface area (Å²) in [5, 5.41) is 5.04. The van der Waals surface area contributed by atoms with Gasteiger partial charge in [0.2, 0.25) is 11.8 Å². The molecule has 0 unspecified atom stereocenters. The fraction of sp³-hybridized carbons (Fsp3) is 0.125. The summed E-state index contributed by atoms with van der Waals surface area (Å²) in [6.07, 6.45) is 0.0102. The second-order valence-corrected chi connectivity index (χ2v) is 4.72. The average molecular weight is 304 g/mol. The number of amides is 2. The van der Waals surface area contributed by atoms with E-state index in [1.807, 2.05) is 0 Å². The second-order valence-electron chi connectivity index (χ2n) is 4.72. The summed E-state index contributed by atoms with van der Waals surface area (Å²) < 4.78 is 26.1. The number of carbonyl (C=O) groups excluding carboxylic acids is 2. The van der Waals surface area contributed by atoms with Crippen LogP contribution in [-0.2, 0) is 16.0 Å². The highest BCUT2D eigenvalue weighted by atomic mass is 19.1. The maximum atomic E-state index is 13.3. The van der Waals surface area contributed by atoms with Gasteiger partial charge in [-0.1, -0.05) is 12.1 Å². The molecule has 2 aromatic carbocycles. The van der Waals surface area contributed by atoms with Crippen LogP contribution in [0, 0.1) is 11.6 Å². The fourth-order valence-corrected chi connectivity index (χ4v) is 1.90. The van der Waals surface area contributed by atoms with Crippen LogP contribution >= 0.6 is 0 Å². The Hall–Kier alpha value is -2.76. The Kier molecular flexibility index (Phi) is 4.83. The van der Waals surface area contributed by atoms with Crippen LogP contribution < -0.4 is 10.6 Å². The third-order valence-electron chi connectivity index (χ3n) is 2.84. The molecule has 114 valence electrons. The van der Waals surface area contributed by atoms with Crippen molar-refractivity contribution in [3.05, 3.63) is 59.7 Å². The summed E-state index contributed by atoms with van der Waals surface area (Å²) in [4.78, 5) is 23.1. The molecule has 0 radical (unpaired) electrons. The topological polar surface area (TPSA) is 58.2 Å². The largest absolute Gasteiger partial charge is 0.325 e. The first-order valence-electron chi connectivity index (χ1n) is 6.55. The summed E-state index contributed by atoms with van der Waals surface area (Å²) in [6, 6.07) is 9.17. The van der Waals surface area contributed by atoms with Gasteiger partial charge in [0, 0.05) is 6.92 Å². The Balaban J connectivity index is 2.11. The highest BCUT2D eigenvalue weighted by molar-refractivity contribution is 5.99. The maximum Gasteiger partial charge on any atom is 0.228 e. The molecule has 0 atom stereocenters. The first kappa shape index (κ1) is 15.6. The third-order valence-corrected chi connectivity index (χ3v) is 2.84. The van der Waals surface area contributed by atoms with Gasteiger partial charge in [-0.05, 0) is 35.9 Å². The van der Waals surface area contributed by atoms with Gasteiger partial charge in [0.05, 0.1) is 17.8 Å². The molecule has 0 bridgehead atoms. The smallest absolute Gasteiger partial charge is 0.228 e. The van der Waals surface area contributed by atoms with E-state index < -0.39 is 11.7 Å². The Morgan fingerprint density at radius 1 is 0.909 bits per heavy atom. The van der Waals surface area contributed by atoms with Crippen LogP contribution in [0.4, 0.5) is 20.2 Å². The van der Waals surface area contributed by atoms with Crippen molar-refractivity contribution in [1.29, 1.82) is 0 Å². The quantitative estimate of drug-likeness (QED) is 0.912. The van der Waals surface area contributed by atoms with E-state index in [2.05, 4.69) is 10.6 Å². The van der Waals surface area contributed by atoms with E-state index in [-0.39, 0.29) is 23.8 Å². The molecule has 0 heterocycles. The molecule has 0 aliphatic carbocycles. The number of benzene rings is 2. The van der Waals surface area contributed by atoms with Gasteiger partial charge >= 0.3 is 0 Å². The fourth-order valence-electron chi connectivity index (χ4n) is 1.90. The first-order valence-corrected chi connectivity index (χ1v) is 6.55. The second kappa shape index (κ2) is 6.80. The van der Waals surface area contributed by atoms with Gasteiger partial charge < -0.3 is 10.6 Å². The monoisotopic (exact) mass is 304 g/mol. The van der Waals surface area contributed by atoms with E-state index in [0.29, 0.717) is 11.3 Å². The van der Waals surface area contributed by atoms with Crippen LogP contribution in [0.2, 0.25) is 0 Å². The molecule has 0 aliphatic rings. The normalized spacial score (nSPS) is 10.1. The molecular weight excluding hydrogens is 290 g/mol. The highest BCUT2D eigenvalue weighted by Crippen LogP contribution is 2.23. The minimum atomic E-state index is -0.536. The van der Waals surface area contributed by atoms with E-state index in [1.54, 1.807) is 0 Å². The van der Waals surface area contributed by atoms with Crippen LogP contribution in [0.3, 0.4) is 0 Å². The number of anilines is 2. The molecule has 2 amide bonds. The lowest BCUT2D eigenvalue weighted by atomic mass is 10.1. The van der Waals surface area contributed by atoms with Crippen LogP contribution in [0.15, 0.2) is 42.5 Å². The molecule has 2 rings (SSSR count). The summed E-state index contributed by atoms with van der Waals surface area (Å²) in [6.45, 7) is 1.31. The SMILES string of the molecule is CC(=O)Nc1ccc(F)cc1NC(=O)Cc1ccc(F)cc1. The molecule has 2 N–H and O–H groups in total. The van der Waals surface area contributed by atoms with Crippen LogP contribution in [0.25, 0.3) is 0 Å². The van der Waals surface area contributed by atoms with Crippen molar-refractivity contribution in [3.63, 3.8) is 0 Å². The number of hydrogen-bond acceptors (Lipinski definition) is 2. The Bertz CT molecular complexity index is 700. The van der Waals surface area contributed by atoms with E-state index in [0.717, 1.165) is 6.07 Å². The van der Waals surface area contributed by atoms with Gasteiger partial charge in [-0.3, -0.25) is 9.59 Å². The molecule has 0 fully saturated rings. The predicted octanol–water partition coefficient (Wildman–Crippen LogP) is 3.10. The van der Waals surface area contributed by atoms with Gasteiger partial charge in [0.15, 0.2) is 0 Å². The molecule has 6 heteroatoms. The molecule has 0 spiro atoms. The van der Waals surface area contributed by atoms with Gasteiger partial charge in [0.1, 0.15) is 11.6 Å². The zero-order chi connectivity index (χ0) is 16.1. The molecule has 4 nitrogen and oxygen atoms in total. The van der Waals surface area contributed by atoms with E-state index >= 15 is 0 Å². The number of carbonyl (C=O) groups is 2. The van der Waals surface area contributed by atoms with Crippen molar-refractivity contribution in [1.82, 2.24) is 0 Å². The summed E-state index contributed by atoms with van der Waals surface area (Å²) in [5.74, 6) is -1.65. The lowest BCUT2D eigenvalue weighted by Gasteiger charge is -2.11. The molecule has 0 saturated heterocycles. The van der Waals surface area contributed by atoms with E-state index in [9.17, 15) is 18.4 Å². The van der Waals surface area contributed by atoms with Gasteiger partial charge in [-0.15, -0.1) is 0 Å². The molecule has 0 aromatic heterocycles. The van der Waals surface area contributed by atoms with E-state index in [4.69, 9.17) is 0 Å². The number of nitrogens with one attached hydrogen (secondary N) is 2. The van der Waals surface area contributed by atoms with Crippen molar-refractivity contribution in [2.45, 2.75) is 13.3 Å². The third kappa shape index (κ3) is 4.37. The van der Waals surface area contributed by atoms with Crippen LogP contribution in [0.5, 0.6) is 0 Å². The Morgan fingerprint density at radius 2 is 1.55 bits per heavy atom. The zero-order valence-corrected chi connectivity index (χ0v) is 11.8. The maximum absolute atomic E-state index is 13.3. The average Bonchev–Trinajstić information content (AvgIpc) is 2.44. The predicted molar refractivity (Wildman–Crippen MR) is 79.4 cm³/mol. The van der Waals surface area contributed by atoms with Gasteiger partial charge in [-0.2, -0.15) is 0 Å². The molecule has 0 aliphatic heterocycles. The first-order chi connectivity index (χ1) is 10.4. The molecule has 0 saturated carbocycles. The van der Waals surface area contributed by atoms with Crippen LogP contribution in [-0.4, -0.2) is 11.8 Å². The molecule has 22 heavy (non-hydrogen) atoms. The number of rotatable bonds is 4. The standard InChI is InChI=1S/C16H14F2N2O2/c1-10(21)19-14-7-6-13(18)9-15(14)20-16(22)8-11-2-4-12(17)5-3-11/h2-7,9H,8H2,1H3,(H,19,21)(H,20,22). The number of halogens is 2. The summed E-state index contributed by atoms with van der Waals surface area (Å²) >= 11 is 0. The van der Waals surface area contributed by atoms with Crippen molar-refractivity contribution >= 4 is 23.2 Å². The van der Waals surface area contributed by atoms with Crippen molar-refractivity contribution in [2.24, 2.45) is 0 Å². The Labute approximate surface area is 126 Å². The van der Waals surface area contributed by atoms with E-state index in [1.165, 1.54) is 43.3 Å². The molecular formula is C16H14F2N2O2. The molecule has 2 aromatic rings. The van der Waals surface area contributed by atoms with Crippen molar-refractivity contribution in [2.75, 3.05) is 10.6 Å². The zero-order valence-electron chi connectivity index (χ0n) is 11.8. The van der Waals surface area contributed by atoms with Gasteiger partial charge in [0.25, 0.3) is 0 Å². The van der Waals surface area contributed by atoms with Crippen LogP contribution in [0.1, 0.15) is 12.5 Å². The number of hydrogen-bond donors (Lipinski definition) is 2. The minimum Gasteiger partial charge on any atom is -0.325 e. The van der Waals surface area contributed by atoms with Crippen molar-refractivity contribution < 1.29 is 18.4 Å². The summed E-state index contributed by atoms with van der Waals surface area (Å²) in [7, 11) is 0. The Morgan fingerprint density at radius 3 is 2.18 bits per heavy atom. The lowest BCUT2D eigenvalue weighted by molar-refractivity contribution is -0.116. The minimum absolute atomic E-state index is 0.0102. The highest BCUT2D eigenvalue weighted by Gasteiger charge is 2.10.